The lowest BCUT2D eigenvalue weighted by atomic mass is 10.0. The van der Waals surface area contributed by atoms with Crippen LogP contribution in [0.25, 0.3) is 0 Å². The maximum absolute atomic E-state index is 12.5. The summed E-state index contributed by atoms with van der Waals surface area (Å²) in [5, 5.41) is 0. The molecule has 0 bridgehead atoms. The molecule has 0 unspecified atom stereocenters. The van der Waals surface area contributed by atoms with E-state index in [1.54, 1.807) is 35.5 Å². The van der Waals surface area contributed by atoms with Crippen molar-refractivity contribution in [2.75, 3.05) is 32.7 Å². The lowest BCUT2D eigenvalue weighted by Gasteiger charge is -2.33. The van der Waals surface area contributed by atoms with Gasteiger partial charge in [-0.05, 0) is 28.1 Å². The van der Waals surface area contributed by atoms with Crippen molar-refractivity contribution < 1.29 is 23.9 Å². The Kier molecular flexibility index (Phi) is 6.62. The molecule has 2 aliphatic heterocycles. The SMILES string of the molecule is O=C1Cc2ccc(C(=O)CCN3CCN(C(=O)OCc4cncc(Br)c4)CC3)cc2O1. The van der Waals surface area contributed by atoms with E-state index in [-0.39, 0.29) is 30.9 Å². The van der Waals surface area contributed by atoms with Crippen molar-refractivity contribution in [3.8, 4) is 5.75 Å². The summed E-state index contributed by atoms with van der Waals surface area (Å²) in [6.07, 6.45) is 3.62. The Bertz CT molecular complexity index is 1000. The molecular weight excluding hydrogens is 466 g/mol. The molecule has 0 saturated carbocycles. The maximum Gasteiger partial charge on any atom is 0.410 e. The average Bonchev–Trinajstić information content (AvgIpc) is 3.15. The summed E-state index contributed by atoms with van der Waals surface area (Å²) >= 11 is 3.34. The quantitative estimate of drug-likeness (QED) is 0.351. The van der Waals surface area contributed by atoms with Crippen LogP contribution >= 0.6 is 15.9 Å². The van der Waals surface area contributed by atoms with Crippen LogP contribution in [0.2, 0.25) is 0 Å². The number of carbonyl (C=O) groups excluding carboxylic acids is 3. The molecule has 2 aromatic rings. The van der Waals surface area contributed by atoms with Crippen LogP contribution in [-0.4, -0.2) is 65.4 Å². The Labute approximate surface area is 188 Å². The van der Waals surface area contributed by atoms with E-state index < -0.39 is 0 Å². The predicted octanol–water partition coefficient (Wildman–Crippen LogP) is 2.83. The molecule has 0 aliphatic carbocycles. The Balaban J connectivity index is 1.19. The molecule has 0 spiro atoms. The zero-order chi connectivity index (χ0) is 21.8. The number of hydrogen-bond acceptors (Lipinski definition) is 7. The number of piperazine rings is 1. The van der Waals surface area contributed by atoms with Crippen LogP contribution < -0.4 is 4.74 Å². The van der Waals surface area contributed by atoms with Crippen molar-refractivity contribution in [2.45, 2.75) is 19.4 Å². The van der Waals surface area contributed by atoms with Gasteiger partial charge in [0.1, 0.15) is 12.4 Å². The maximum atomic E-state index is 12.5. The van der Waals surface area contributed by atoms with Crippen LogP contribution in [0.4, 0.5) is 4.79 Å². The molecule has 1 aromatic heterocycles. The molecule has 9 heteroatoms. The normalized spacial score (nSPS) is 16.0. The predicted molar refractivity (Wildman–Crippen MR) is 115 cm³/mol. The van der Waals surface area contributed by atoms with E-state index in [2.05, 4.69) is 25.8 Å². The van der Waals surface area contributed by atoms with Crippen molar-refractivity contribution in [3.05, 3.63) is 57.8 Å². The van der Waals surface area contributed by atoms with Crippen molar-refractivity contribution in [3.63, 3.8) is 0 Å². The summed E-state index contributed by atoms with van der Waals surface area (Å²) in [6, 6.07) is 7.04. The highest BCUT2D eigenvalue weighted by atomic mass is 79.9. The summed E-state index contributed by atoms with van der Waals surface area (Å²) in [5.74, 6) is 0.209. The molecule has 1 aromatic carbocycles. The number of ether oxygens (including phenoxy) is 2. The summed E-state index contributed by atoms with van der Waals surface area (Å²) in [5.41, 5.74) is 2.19. The van der Waals surface area contributed by atoms with Crippen LogP contribution in [0.15, 0.2) is 41.1 Å². The van der Waals surface area contributed by atoms with Gasteiger partial charge >= 0.3 is 12.1 Å². The lowest BCUT2D eigenvalue weighted by Crippen LogP contribution is -2.49. The van der Waals surface area contributed by atoms with Crippen molar-refractivity contribution in [2.24, 2.45) is 0 Å². The zero-order valence-electron chi connectivity index (χ0n) is 16.9. The molecule has 8 nitrogen and oxygen atoms in total. The Morgan fingerprint density at radius 3 is 2.71 bits per heavy atom. The molecule has 1 saturated heterocycles. The molecule has 0 radical (unpaired) electrons. The molecule has 3 heterocycles. The van der Waals surface area contributed by atoms with E-state index in [4.69, 9.17) is 9.47 Å². The van der Waals surface area contributed by atoms with Gasteiger partial charge < -0.3 is 14.4 Å². The number of hydrogen-bond donors (Lipinski definition) is 0. The highest BCUT2D eigenvalue weighted by Gasteiger charge is 2.24. The molecule has 1 fully saturated rings. The van der Waals surface area contributed by atoms with Crippen LogP contribution in [-0.2, 0) is 22.6 Å². The van der Waals surface area contributed by atoms with Crippen LogP contribution in [0.3, 0.4) is 0 Å². The van der Waals surface area contributed by atoms with Crippen LogP contribution in [0.1, 0.15) is 27.9 Å². The minimum Gasteiger partial charge on any atom is -0.444 e. The zero-order valence-corrected chi connectivity index (χ0v) is 18.5. The number of nitrogens with zero attached hydrogens (tertiary/aromatic N) is 3. The molecule has 0 N–H and O–H groups in total. The van der Waals surface area contributed by atoms with Crippen molar-refractivity contribution in [1.29, 1.82) is 0 Å². The number of rotatable bonds is 6. The van der Waals surface area contributed by atoms with Gasteiger partial charge in [0.2, 0.25) is 0 Å². The van der Waals surface area contributed by atoms with Crippen molar-refractivity contribution in [1.82, 2.24) is 14.8 Å². The first-order chi connectivity index (χ1) is 15.0. The number of aromatic nitrogens is 1. The van der Waals surface area contributed by atoms with Crippen LogP contribution in [0, 0.1) is 0 Å². The summed E-state index contributed by atoms with van der Waals surface area (Å²) in [7, 11) is 0. The number of esters is 1. The smallest absolute Gasteiger partial charge is 0.410 e. The van der Waals surface area contributed by atoms with E-state index in [1.807, 2.05) is 6.07 Å². The van der Waals surface area contributed by atoms with Crippen LogP contribution in [0.5, 0.6) is 5.75 Å². The van der Waals surface area contributed by atoms with Gasteiger partial charge in [0.15, 0.2) is 5.78 Å². The van der Waals surface area contributed by atoms with E-state index in [1.165, 1.54) is 0 Å². The second-order valence-electron chi connectivity index (χ2n) is 7.54. The van der Waals surface area contributed by atoms with E-state index >= 15 is 0 Å². The molecule has 31 heavy (non-hydrogen) atoms. The Morgan fingerprint density at radius 1 is 1.13 bits per heavy atom. The number of carbonyl (C=O) groups is 3. The van der Waals surface area contributed by atoms with Gasteiger partial charge in [0, 0.05) is 72.7 Å². The van der Waals surface area contributed by atoms with Gasteiger partial charge in [-0.2, -0.15) is 0 Å². The number of ketones is 1. The van der Waals surface area contributed by atoms with E-state index in [0.29, 0.717) is 50.5 Å². The highest BCUT2D eigenvalue weighted by molar-refractivity contribution is 9.10. The summed E-state index contributed by atoms with van der Waals surface area (Å²) in [6.45, 7) is 3.26. The average molecular weight is 488 g/mol. The lowest BCUT2D eigenvalue weighted by molar-refractivity contribution is -0.131. The third-order valence-electron chi connectivity index (χ3n) is 5.36. The first kappa shape index (κ1) is 21.5. The minimum atomic E-state index is -0.344. The summed E-state index contributed by atoms with van der Waals surface area (Å²) in [4.78, 5) is 44.1. The van der Waals surface area contributed by atoms with Gasteiger partial charge in [0.05, 0.1) is 6.42 Å². The minimum absolute atomic E-state index is 0.00946. The monoisotopic (exact) mass is 487 g/mol. The molecule has 162 valence electrons. The molecular formula is C22H22BrN3O5. The third-order valence-corrected chi connectivity index (χ3v) is 5.79. The molecule has 2 aliphatic rings. The van der Waals surface area contributed by atoms with Gasteiger partial charge in [0.25, 0.3) is 0 Å². The largest absolute Gasteiger partial charge is 0.444 e. The fourth-order valence-corrected chi connectivity index (χ4v) is 4.02. The van der Waals surface area contributed by atoms with Gasteiger partial charge in [-0.1, -0.05) is 12.1 Å². The number of benzene rings is 1. The molecule has 4 rings (SSSR count). The fourth-order valence-electron chi connectivity index (χ4n) is 3.61. The first-order valence-electron chi connectivity index (χ1n) is 10.1. The van der Waals surface area contributed by atoms with Gasteiger partial charge in [-0.3, -0.25) is 19.5 Å². The third kappa shape index (κ3) is 5.48. The van der Waals surface area contributed by atoms with Gasteiger partial charge in [-0.25, -0.2) is 4.79 Å². The van der Waals surface area contributed by atoms with E-state index in [0.717, 1.165) is 15.6 Å². The molecule has 1 amide bonds. The standard InChI is InChI=1S/C22H22BrN3O5/c23-18-9-15(12-24-13-18)14-30-22(29)26-7-5-25(6-8-26)4-3-19(27)16-1-2-17-11-21(28)31-20(17)10-16/h1-2,9-10,12-13H,3-8,11,14H2. The highest BCUT2D eigenvalue weighted by Crippen LogP contribution is 2.27. The molecule has 0 atom stereocenters. The Hall–Kier alpha value is -2.78. The van der Waals surface area contributed by atoms with Gasteiger partial charge in [-0.15, -0.1) is 0 Å². The number of amides is 1. The number of fused-ring (bicyclic) bond motifs is 1. The topological polar surface area (TPSA) is 89.0 Å². The first-order valence-corrected chi connectivity index (χ1v) is 10.9. The number of pyridine rings is 1. The Morgan fingerprint density at radius 2 is 1.94 bits per heavy atom. The van der Waals surface area contributed by atoms with E-state index in [9.17, 15) is 14.4 Å². The summed E-state index contributed by atoms with van der Waals surface area (Å²) < 4.78 is 11.3. The fraction of sp³-hybridized carbons (Fsp3) is 0.364. The second kappa shape index (κ2) is 9.57. The van der Waals surface area contributed by atoms with Crippen molar-refractivity contribution >= 4 is 33.8 Å². The second-order valence-corrected chi connectivity index (χ2v) is 8.46. The number of halogens is 1. The number of Topliss-reactive ketones (excluding diaryl/α,β-unsaturated/α-hetero) is 1.